The first kappa shape index (κ1) is 16.3. The largest absolute Gasteiger partial charge is 0.310 e. The van der Waals surface area contributed by atoms with E-state index < -0.39 is 0 Å². The summed E-state index contributed by atoms with van der Waals surface area (Å²) in [7, 11) is 0. The van der Waals surface area contributed by atoms with E-state index in [9.17, 15) is 0 Å². The molecule has 1 nitrogen and oxygen atoms in total. The van der Waals surface area contributed by atoms with E-state index in [-0.39, 0.29) is 0 Å². The molecule has 3 heteroatoms. The van der Waals surface area contributed by atoms with Gasteiger partial charge < -0.3 is 5.32 Å². The molecule has 0 amide bonds. The van der Waals surface area contributed by atoms with Gasteiger partial charge in [0.2, 0.25) is 0 Å². The van der Waals surface area contributed by atoms with Crippen molar-refractivity contribution in [3.63, 3.8) is 0 Å². The highest BCUT2D eigenvalue weighted by Crippen LogP contribution is 2.39. The minimum absolute atomic E-state index is 0.391. The van der Waals surface area contributed by atoms with E-state index in [2.05, 4.69) is 41.2 Å². The number of hydrogen-bond donors (Lipinski definition) is 1. The lowest BCUT2D eigenvalue weighted by Gasteiger charge is -2.34. The fourth-order valence-corrected chi connectivity index (χ4v) is 3.98. The molecule has 3 atom stereocenters. The molecular formula is C17H25BrClN. The number of hydrogen-bond acceptors (Lipinski definition) is 1. The molecule has 1 fully saturated rings. The van der Waals surface area contributed by atoms with Crippen LogP contribution in [0.5, 0.6) is 0 Å². The summed E-state index contributed by atoms with van der Waals surface area (Å²) in [4.78, 5) is 0. The second kappa shape index (κ2) is 7.82. The SMILES string of the molecule is CCCNC(c1cc(Br)ccc1Cl)C1CCCC(C)C1. The zero-order chi connectivity index (χ0) is 14.5. The summed E-state index contributed by atoms with van der Waals surface area (Å²) < 4.78 is 1.11. The van der Waals surface area contributed by atoms with E-state index >= 15 is 0 Å². The third-order valence-corrected chi connectivity index (χ3v) is 5.19. The van der Waals surface area contributed by atoms with Gasteiger partial charge in [0.25, 0.3) is 0 Å². The van der Waals surface area contributed by atoms with Crippen molar-refractivity contribution >= 4 is 27.5 Å². The summed E-state index contributed by atoms with van der Waals surface area (Å²) in [5.74, 6) is 1.54. The smallest absolute Gasteiger partial charge is 0.0454 e. The maximum absolute atomic E-state index is 6.46. The van der Waals surface area contributed by atoms with Crippen LogP contribution in [0.2, 0.25) is 5.02 Å². The lowest BCUT2D eigenvalue weighted by molar-refractivity contribution is 0.224. The molecule has 1 saturated carbocycles. The Morgan fingerprint density at radius 2 is 2.20 bits per heavy atom. The van der Waals surface area contributed by atoms with E-state index in [4.69, 9.17) is 11.6 Å². The first-order valence-electron chi connectivity index (χ1n) is 7.80. The standard InChI is InChI=1S/C17H25BrClN/c1-3-9-20-17(13-6-4-5-12(2)10-13)15-11-14(18)7-8-16(15)19/h7-8,11-13,17,20H,3-6,9-10H2,1-2H3. The second-order valence-electron chi connectivity index (χ2n) is 6.13. The van der Waals surface area contributed by atoms with Crippen LogP contribution in [-0.4, -0.2) is 6.54 Å². The van der Waals surface area contributed by atoms with Crippen molar-refractivity contribution in [3.8, 4) is 0 Å². The van der Waals surface area contributed by atoms with Crippen LogP contribution in [0, 0.1) is 11.8 Å². The lowest BCUT2D eigenvalue weighted by Crippen LogP contribution is -2.32. The zero-order valence-corrected chi connectivity index (χ0v) is 14.8. The summed E-state index contributed by atoms with van der Waals surface area (Å²) in [5.41, 5.74) is 1.26. The van der Waals surface area contributed by atoms with Crippen molar-refractivity contribution in [2.45, 2.75) is 52.0 Å². The quantitative estimate of drug-likeness (QED) is 0.683. The molecule has 0 saturated heterocycles. The van der Waals surface area contributed by atoms with Gasteiger partial charge in [-0.05, 0) is 61.4 Å². The Morgan fingerprint density at radius 1 is 1.40 bits per heavy atom. The van der Waals surface area contributed by atoms with Crippen LogP contribution in [0.25, 0.3) is 0 Å². The second-order valence-corrected chi connectivity index (χ2v) is 7.45. The molecule has 20 heavy (non-hydrogen) atoms. The number of nitrogens with one attached hydrogen (secondary N) is 1. The summed E-state index contributed by atoms with van der Waals surface area (Å²) in [6.07, 6.45) is 6.51. The molecule has 0 aliphatic heterocycles. The molecule has 2 rings (SSSR count). The van der Waals surface area contributed by atoms with E-state index in [1.54, 1.807) is 0 Å². The predicted molar refractivity (Wildman–Crippen MR) is 91.3 cm³/mol. The number of benzene rings is 1. The molecule has 1 aliphatic rings. The number of rotatable bonds is 5. The van der Waals surface area contributed by atoms with Crippen molar-refractivity contribution in [2.24, 2.45) is 11.8 Å². The molecule has 1 aromatic rings. The molecule has 0 bridgehead atoms. The van der Waals surface area contributed by atoms with Gasteiger partial charge in [0.1, 0.15) is 0 Å². The molecule has 112 valence electrons. The lowest BCUT2D eigenvalue weighted by atomic mass is 9.76. The fourth-order valence-electron chi connectivity index (χ4n) is 3.37. The summed E-state index contributed by atoms with van der Waals surface area (Å²) in [6.45, 7) is 5.65. The van der Waals surface area contributed by atoms with Gasteiger partial charge in [0, 0.05) is 15.5 Å². The van der Waals surface area contributed by atoms with Crippen molar-refractivity contribution in [2.75, 3.05) is 6.54 Å². The van der Waals surface area contributed by atoms with Gasteiger partial charge in [0.15, 0.2) is 0 Å². The summed E-state index contributed by atoms with van der Waals surface area (Å²) >= 11 is 10.0. The van der Waals surface area contributed by atoms with Crippen molar-refractivity contribution in [1.82, 2.24) is 5.32 Å². The van der Waals surface area contributed by atoms with Crippen molar-refractivity contribution in [1.29, 1.82) is 0 Å². The summed E-state index contributed by atoms with van der Waals surface area (Å²) in [5, 5.41) is 4.63. The topological polar surface area (TPSA) is 12.0 Å². The van der Waals surface area contributed by atoms with Crippen LogP contribution in [0.4, 0.5) is 0 Å². The molecule has 1 aliphatic carbocycles. The van der Waals surface area contributed by atoms with Crippen LogP contribution in [0.15, 0.2) is 22.7 Å². The van der Waals surface area contributed by atoms with Crippen molar-refractivity contribution in [3.05, 3.63) is 33.3 Å². The van der Waals surface area contributed by atoms with Gasteiger partial charge in [0.05, 0.1) is 0 Å². The third kappa shape index (κ3) is 4.22. The van der Waals surface area contributed by atoms with Crippen LogP contribution >= 0.6 is 27.5 Å². The average molecular weight is 359 g/mol. The molecular weight excluding hydrogens is 334 g/mol. The Labute approximate surface area is 136 Å². The highest BCUT2D eigenvalue weighted by Gasteiger charge is 2.28. The van der Waals surface area contributed by atoms with Gasteiger partial charge in [-0.3, -0.25) is 0 Å². The summed E-state index contributed by atoms with van der Waals surface area (Å²) in [6, 6.07) is 6.61. The molecule has 1 N–H and O–H groups in total. The maximum atomic E-state index is 6.46. The molecule has 0 aromatic heterocycles. The number of halogens is 2. The normalized spacial score (nSPS) is 24.6. The predicted octanol–water partition coefficient (Wildman–Crippen LogP) is 5.97. The molecule has 0 radical (unpaired) electrons. The Balaban J connectivity index is 2.23. The highest BCUT2D eigenvalue weighted by molar-refractivity contribution is 9.10. The Kier molecular flexibility index (Phi) is 6.38. The monoisotopic (exact) mass is 357 g/mol. The van der Waals surface area contributed by atoms with E-state index in [0.717, 1.165) is 28.4 Å². The van der Waals surface area contributed by atoms with Gasteiger partial charge in [-0.1, -0.05) is 54.2 Å². The first-order valence-corrected chi connectivity index (χ1v) is 8.97. The van der Waals surface area contributed by atoms with Gasteiger partial charge in [-0.2, -0.15) is 0 Å². The van der Waals surface area contributed by atoms with E-state index in [1.807, 2.05) is 12.1 Å². The van der Waals surface area contributed by atoms with Gasteiger partial charge >= 0.3 is 0 Å². The zero-order valence-electron chi connectivity index (χ0n) is 12.5. The van der Waals surface area contributed by atoms with Crippen LogP contribution in [-0.2, 0) is 0 Å². The molecule has 0 heterocycles. The molecule has 0 spiro atoms. The van der Waals surface area contributed by atoms with Gasteiger partial charge in [-0.25, -0.2) is 0 Å². The Hall–Kier alpha value is -0.0500. The average Bonchev–Trinajstić information content (AvgIpc) is 2.43. The van der Waals surface area contributed by atoms with Gasteiger partial charge in [-0.15, -0.1) is 0 Å². The van der Waals surface area contributed by atoms with Crippen LogP contribution < -0.4 is 5.32 Å². The minimum Gasteiger partial charge on any atom is -0.310 e. The van der Waals surface area contributed by atoms with E-state index in [0.29, 0.717) is 12.0 Å². The Morgan fingerprint density at radius 3 is 2.90 bits per heavy atom. The first-order chi connectivity index (χ1) is 9.61. The minimum atomic E-state index is 0.391. The highest BCUT2D eigenvalue weighted by atomic mass is 79.9. The van der Waals surface area contributed by atoms with Crippen molar-refractivity contribution < 1.29 is 0 Å². The van der Waals surface area contributed by atoms with Crippen LogP contribution in [0.3, 0.4) is 0 Å². The Bertz CT molecular complexity index is 435. The van der Waals surface area contributed by atoms with E-state index in [1.165, 1.54) is 31.2 Å². The third-order valence-electron chi connectivity index (χ3n) is 4.36. The maximum Gasteiger partial charge on any atom is 0.0454 e. The molecule has 1 aromatic carbocycles. The molecule has 3 unspecified atom stereocenters. The fraction of sp³-hybridized carbons (Fsp3) is 0.647. The van der Waals surface area contributed by atoms with Crippen LogP contribution in [0.1, 0.15) is 57.6 Å².